The largest absolute Gasteiger partial charge is 0.473 e. The molecule has 0 fully saturated rings. The van der Waals surface area contributed by atoms with Crippen LogP contribution in [-0.2, 0) is 24.1 Å². The van der Waals surface area contributed by atoms with Gasteiger partial charge in [-0.3, -0.25) is 14.6 Å². The van der Waals surface area contributed by atoms with Gasteiger partial charge in [0, 0.05) is 23.9 Å². The number of fused-ring (bicyclic) bond motifs is 1. The minimum atomic E-state index is -5.20. The first kappa shape index (κ1) is 21.3. The second kappa shape index (κ2) is 7.43. The van der Waals surface area contributed by atoms with Gasteiger partial charge >= 0.3 is 18.3 Å². The first-order valence-corrected chi connectivity index (χ1v) is 8.27. The van der Waals surface area contributed by atoms with Gasteiger partial charge in [0.05, 0.1) is 17.8 Å². The predicted octanol–water partition coefficient (Wildman–Crippen LogP) is 3.05. The zero-order chi connectivity index (χ0) is 22.3. The van der Waals surface area contributed by atoms with Crippen molar-refractivity contribution >= 4 is 17.6 Å². The number of benzene rings is 1. The van der Waals surface area contributed by atoms with E-state index in [1.165, 1.54) is 18.3 Å². The number of carbonyl (C=O) groups is 2. The summed E-state index contributed by atoms with van der Waals surface area (Å²) in [4.78, 5) is 31.1. The van der Waals surface area contributed by atoms with Crippen molar-refractivity contribution in [1.29, 1.82) is 0 Å². The van der Waals surface area contributed by atoms with E-state index in [-0.39, 0.29) is 23.4 Å². The van der Waals surface area contributed by atoms with Gasteiger partial charge in [-0.2, -0.15) is 31.3 Å². The minimum absolute atomic E-state index is 0.0269. The second-order valence-corrected chi connectivity index (χ2v) is 6.33. The van der Waals surface area contributed by atoms with Crippen molar-refractivity contribution in [2.75, 3.05) is 0 Å². The van der Waals surface area contributed by atoms with Crippen LogP contribution in [0.5, 0.6) is 0 Å². The van der Waals surface area contributed by atoms with E-state index in [9.17, 15) is 35.9 Å². The molecule has 1 aromatic carbocycles. The number of alkyl halides is 6. The van der Waals surface area contributed by atoms with E-state index in [0.717, 1.165) is 23.1 Å². The van der Waals surface area contributed by atoms with E-state index >= 15 is 0 Å². The molecule has 0 spiro atoms. The summed E-state index contributed by atoms with van der Waals surface area (Å²) in [7, 11) is 0. The van der Waals surface area contributed by atoms with Crippen LogP contribution in [0.4, 0.5) is 26.3 Å². The van der Waals surface area contributed by atoms with E-state index in [4.69, 9.17) is 5.73 Å². The highest BCUT2D eigenvalue weighted by molar-refractivity contribution is 6.07. The standard InChI is InChI=1S/C18H12F6N4O2/c19-17(20,21)12-2-1-5-26-13(12)8-28-7-10-4-3-9(6-11(10)15(28)29)14(25)27-16(30)18(22,23)24/h1-6H,7-8H2,(H2,25,27,30). The third kappa shape index (κ3) is 4.26. The van der Waals surface area contributed by atoms with E-state index < -0.39 is 42.1 Å². The Bertz CT molecular complexity index is 1050. The normalized spacial score (nSPS) is 14.8. The van der Waals surface area contributed by atoms with Crippen molar-refractivity contribution in [2.45, 2.75) is 25.4 Å². The summed E-state index contributed by atoms with van der Waals surface area (Å²) < 4.78 is 76.4. The molecule has 0 saturated carbocycles. The number of aliphatic imine (C=N–C) groups is 1. The number of amidine groups is 1. The van der Waals surface area contributed by atoms with Crippen molar-refractivity contribution < 1.29 is 35.9 Å². The van der Waals surface area contributed by atoms with Gasteiger partial charge in [-0.15, -0.1) is 0 Å². The number of carbonyl (C=O) groups excluding carboxylic acids is 2. The number of aromatic nitrogens is 1. The zero-order valence-corrected chi connectivity index (χ0v) is 14.9. The lowest BCUT2D eigenvalue weighted by Gasteiger charge is -2.18. The maximum atomic E-state index is 13.1. The fourth-order valence-corrected chi connectivity index (χ4v) is 2.89. The first-order valence-electron chi connectivity index (χ1n) is 8.27. The van der Waals surface area contributed by atoms with Crippen molar-refractivity contribution in [2.24, 2.45) is 10.7 Å². The number of halogens is 6. The molecule has 1 aromatic heterocycles. The molecular weight excluding hydrogens is 418 g/mol. The molecule has 12 heteroatoms. The Kier molecular flexibility index (Phi) is 5.27. The molecule has 0 aliphatic carbocycles. The lowest BCUT2D eigenvalue weighted by Crippen LogP contribution is -2.26. The van der Waals surface area contributed by atoms with Gasteiger partial charge in [-0.25, -0.2) is 0 Å². The molecule has 0 saturated heterocycles. The topological polar surface area (TPSA) is 88.6 Å². The highest BCUT2D eigenvalue weighted by Crippen LogP contribution is 2.33. The Morgan fingerprint density at radius 3 is 2.50 bits per heavy atom. The Morgan fingerprint density at radius 2 is 1.87 bits per heavy atom. The van der Waals surface area contributed by atoms with Crippen LogP contribution in [0.25, 0.3) is 0 Å². The summed E-state index contributed by atoms with van der Waals surface area (Å²) >= 11 is 0. The fraction of sp³-hybridized carbons (Fsp3) is 0.222. The molecule has 0 bridgehead atoms. The first-order chi connectivity index (χ1) is 13.9. The van der Waals surface area contributed by atoms with E-state index in [1.807, 2.05) is 0 Å². The lowest BCUT2D eigenvalue weighted by molar-refractivity contribution is -0.169. The molecule has 3 rings (SSSR count). The average molecular weight is 430 g/mol. The van der Waals surface area contributed by atoms with Gasteiger partial charge in [0.1, 0.15) is 5.84 Å². The monoisotopic (exact) mass is 430 g/mol. The molecule has 0 unspecified atom stereocenters. The SMILES string of the molecule is NC(=NC(=O)C(F)(F)F)c1ccc2c(c1)C(=O)N(Cc1ncccc1C(F)(F)F)C2. The predicted molar refractivity (Wildman–Crippen MR) is 91.0 cm³/mol. The van der Waals surface area contributed by atoms with Crippen LogP contribution in [0.15, 0.2) is 41.5 Å². The molecule has 2 N–H and O–H groups in total. The third-order valence-electron chi connectivity index (χ3n) is 4.29. The molecule has 6 nitrogen and oxygen atoms in total. The van der Waals surface area contributed by atoms with Crippen molar-refractivity contribution in [3.8, 4) is 0 Å². The van der Waals surface area contributed by atoms with Crippen LogP contribution < -0.4 is 5.73 Å². The molecule has 158 valence electrons. The number of rotatable bonds is 3. The second-order valence-electron chi connectivity index (χ2n) is 6.33. The molecule has 30 heavy (non-hydrogen) atoms. The Labute approximate surface area is 165 Å². The Morgan fingerprint density at radius 1 is 1.17 bits per heavy atom. The molecular formula is C18H12F6N4O2. The summed E-state index contributed by atoms with van der Waals surface area (Å²) in [6.45, 7) is -0.449. The summed E-state index contributed by atoms with van der Waals surface area (Å²) in [5, 5.41) is 0. The van der Waals surface area contributed by atoms with Gasteiger partial charge in [-0.1, -0.05) is 12.1 Å². The third-order valence-corrected chi connectivity index (χ3v) is 4.29. The number of pyridine rings is 1. The van der Waals surface area contributed by atoms with Crippen LogP contribution in [0.2, 0.25) is 0 Å². The molecule has 0 atom stereocenters. The van der Waals surface area contributed by atoms with E-state index in [1.54, 1.807) is 0 Å². The molecule has 2 amide bonds. The number of amides is 2. The summed E-state index contributed by atoms with van der Waals surface area (Å²) in [6, 6.07) is 5.77. The van der Waals surface area contributed by atoms with Crippen LogP contribution in [-0.4, -0.2) is 33.7 Å². The number of nitrogens with two attached hydrogens (primary N) is 1. The summed E-state index contributed by atoms with van der Waals surface area (Å²) in [5.74, 6) is -3.79. The summed E-state index contributed by atoms with van der Waals surface area (Å²) in [6.07, 6.45) is -8.68. The summed E-state index contributed by atoms with van der Waals surface area (Å²) in [5.41, 5.74) is 4.48. The molecule has 2 heterocycles. The number of hydrogen-bond acceptors (Lipinski definition) is 3. The zero-order valence-electron chi connectivity index (χ0n) is 14.9. The van der Waals surface area contributed by atoms with Crippen LogP contribution in [0, 0.1) is 0 Å². The minimum Gasteiger partial charge on any atom is -0.383 e. The molecule has 1 aliphatic heterocycles. The highest BCUT2D eigenvalue weighted by Gasteiger charge is 2.39. The molecule has 1 aliphatic rings. The number of hydrogen-bond donors (Lipinski definition) is 1. The van der Waals surface area contributed by atoms with Crippen LogP contribution in [0.1, 0.15) is 32.7 Å². The van der Waals surface area contributed by atoms with Crippen LogP contribution in [0.3, 0.4) is 0 Å². The van der Waals surface area contributed by atoms with E-state index in [0.29, 0.717) is 5.56 Å². The van der Waals surface area contributed by atoms with Gasteiger partial charge < -0.3 is 10.6 Å². The van der Waals surface area contributed by atoms with Gasteiger partial charge in [0.15, 0.2) is 0 Å². The van der Waals surface area contributed by atoms with Crippen molar-refractivity contribution in [3.63, 3.8) is 0 Å². The van der Waals surface area contributed by atoms with Crippen molar-refractivity contribution in [1.82, 2.24) is 9.88 Å². The van der Waals surface area contributed by atoms with E-state index in [2.05, 4.69) is 9.98 Å². The number of nitrogens with zero attached hydrogens (tertiary/aromatic N) is 3. The lowest BCUT2D eigenvalue weighted by atomic mass is 10.1. The van der Waals surface area contributed by atoms with Gasteiger partial charge in [-0.05, 0) is 23.8 Å². The maximum absolute atomic E-state index is 13.1. The van der Waals surface area contributed by atoms with Gasteiger partial charge in [0.2, 0.25) is 0 Å². The maximum Gasteiger partial charge on any atom is 0.473 e. The fourth-order valence-electron chi connectivity index (χ4n) is 2.89. The quantitative estimate of drug-likeness (QED) is 0.461. The smallest absolute Gasteiger partial charge is 0.383 e. The molecule has 2 aromatic rings. The Hall–Kier alpha value is -3.44. The van der Waals surface area contributed by atoms with Gasteiger partial charge in [0.25, 0.3) is 5.91 Å². The molecule has 0 radical (unpaired) electrons. The van der Waals surface area contributed by atoms with Crippen LogP contribution >= 0.6 is 0 Å². The Balaban J connectivity index is 1.85. The highest BCUT2D eigenvalue weighted by atomic mass is 19.4. The average Bonchev–Trinajstić information content (AvgIpc) is 2.95. The van der Waals surface area contributed by atoms with Crippen molar-refractivity contribution in [3.05, 3.63) is 64.5 Å².